The summed E-state index contributed by atoms with van der Waals surface area (Å²) in [6, 6.07) is 20.7. The van der Waals surface area contributed by atoms with Gasteiger partial charge in [-0.2, -0.15) is 0 Å². The van der Waals surface area contributed by atoms with Crippen molar-refractivity contribution in [3.8, 4) is 11.3 Å². The Morgan fingerprint density at radius 2 is 1.62 bits per heavy atom. The summed E-state index contributed by atoms with van der Waals surface area (Å²) < 4.78 is 1.52. The highest BCUT2D eigenvalue weighted by Crippen LogP contribution is 2.52. The highest BCUT2D eigenvalue weighted by atomic mass is 16.3. The van der Waals surface area contributed by atoms with Gasteiger partial charge in [-0.05, 0) is 24.8 Å². The summed E-state index contributed by atoms with van der Waals surface area (Å²) in [4.78, 5) is 49.7. The Morgan fingerprint density at radius 3 is 2.29 bits per heavy atom. The molecule has 9 heteroatoms. The van der Waals surface area contributed by atoms with Crippen LogP contribution in [0.25, 0.3) is 11.3 Å². The molecule has 1 aromatic heterocycles. The molecule has 3 amide bonds. The van der Waals surface area contributed by atoms with Crippen molar-refractivity contribution in [2.24, 2.45) is 5.41 Å². The molecule has 1 spiro atoms. The molecular weight excluding hydrogens is 530 g/mol. The van der Waals surface area contributed by atoms with E-state index in [0.29, 0.717) is 44.8 Å². The second kappa shape index (κ2) is 11.4. The maximum absolute atomic E-state index is 14.2. The number of carbonyl (C=O) groups is 2. The highest BCUT2D eigenvalue weighted by Gasteiger charge is 2.56. The average Bonchev–Trinajstić information content (AvgIpc) is 3.50. The largest absolute Gasteiger partial charge is 0.387 e. The lowest BCUT2D eigenvalue weighted by Crippen LogP contribution is -2.64. The highest BCUT2D eigenvalue weighted by molar-refractivity contribution is 5.77. The van der Waals surface area contributed by atoms with Gasteiger partial charge in [0, 0.05) is 56.7 Å². The lowest BCUT2D eigenvalue weighted by Gasteiger charge is -2.53. The molecule has 1 N–H and O–H groups in total. The zero-order valence-electron chi connectivity index (χ0n) is 24.2. The number of nitrogens with zero attached hydrogens (tertiary/aromatic N) is 5. The first-order valence-corrected chi connectivity index (χ1v) is 15.0. The molecule has 2 saturated heterocycles. The fraction of sp³-hybridized carbons (Fsp3) is 0.455. The molecule has 9 nitrogen and oxygen atoms in total. The number of aliphatic hydroxyl groups is 1. The van der Waals surface area contributed by atoms with E-state index in [0.717, 1.165) is 36.8 Å². The second-order valence-electron chi connectivity index (χ2n) is 12.2. The Kier molecular flexibility index (Phi) is 7.62. The zero-order valence-corrected chi connectivity index (χ0v) is 24.2. The molecule has 0 radical (unpaired) electrons. The van der Waals surface area contributed by atoms with Gasteiger partial charge >= 0.3 is 6.03 Å². The fourth-order valence-corrected chi connectivity index (χ4v) is 7.30. The van der Waals surface area contributed by atoms with E-state index in [1.54, 1.807) is 13.3 Å². The minimum Gasteiger partial charge on any atom is -0.387 e. The zero-order chi connectivity index (χ0) is 29.3. The maximum atomic E-state index is 14.2. The third kappa shape index (κ3) is 5.22. The number of rotatable bonds is 4. The van der Waals surface area contributed by atoms with Gasteiger partial charge in [0.1, 0.15) is 0 Å². The summed E-state index contributed by atoms with van der Waals surface area (Å²) in [6.07, 6.45) is 5.50. The predicted octanol–water partition coefficient (Wildman–Crippen LogP) is 3.93. The SMILES string of the molecule is CC(=O)N1CCN(C(=O)N2CCC(O)(Cn3cnc(-c4ccccc4)cc3=O)C3(CCCC3)C2)C(c2ccccc2)C1. The van der Waals surface area contributed by atoms with Crippen LogP contribution in [0.4, 0.5) is 4.79 Å². The molecule has 2 aliphatic heterocycles. The molecule has 3 heterocycles. The molecule has 42 heavy (non-hydrogen) atoms. The fourth-order valence-electron chi connectivity index (χ4n) is 7.30. The summed E-state index contributed by atoms with van der Waals surface area (Å²) in [5.41, 5.74) is 0.661. The van der Waals surface area contributed by atoms with Gasteiger partial charge in [-0.3, -0.25) is 14.2 Å². The van der Waals surface area contributed by atoms with Crippen LogP contribution in [0.1, 0.15) is 50.6 Å². The van der Waals surface area contributed by atoms with Crippen molar-refractivity contribution in [2.75, 3.05) is 32.7 Å². The van der Waals surface area contributed by atoms with E-state index in [4.69, 9.17) is 0 Å². The molecule has 2 unspecified atom stereocenters. The van der Waals surface area contributed by atoms with Crippen molar-refractivity contribution >= 4 is 11.9 Å². The minimum absolute atomic E-state index is 0.0116. The third-order valence-electron chi connectivity index (χ3n) is 9.74. The number of urea groups is 1. The number of hydrogen-bond donors (Lipinski definition) is 1. The van der Waals surface area contributed by atoms with E-state index in [2.05, 4.69) is 4.98 Å². The van der Waals surface area contributed by atoms with Crippen molar-refractivity contribution in [2.45, 2.75) is 57.2 Å². The summed E-state index contributed by atoms with van der Waals surface area (Å²) in [7, 11) is 0. The molecule has 6 rings (SSSR count). The van der Waals surface area contributed by atoms with Crippen LogP contribution in [0.2, 0.25) is 0 Å². The quantitative estimate of drug-likeness (QED) is 0.514. The van der Waals surface area contributed by atoms with E-state index in [-0.39, 0.29) is 30.1 Å². The number of piperidine rings is 1. The Labute approximate surface area is 246 Å². The molecular formula is C33H39N5O4. The summed E-state index contributed by atoms with van der Waals surface area (Å²) in [5.74, 6) is 0.0116. The van der Waals surface area contributed by atoms with E-state index in [9.17, 15) is 19.5 Å². The summed E-state index contributed by atoms with van der Waals surface area (Å²) in [5, 5.41) is 12.2. The Balaban J connectivity index is 1.23. The molecule has 2 aromatic carbocycles. The normalized spacial score (nSPS) is 23.8. The van der Waals surface area contributed by atoms with Gasteiger partial charge in [0.25, 0.3) is 5.56 Å². The van der Waals surface area contributed by atoms with Gasteiger partial charge in [-0.15, -0.1) is 0 Å². The number of likely N-dealkylation sites (tertiary alicyclic amines) is 1. The number of benzene rings is 2. The third-order valence-corrected chi connectivity index (χ3v) is 9.74. The van der Waals surface area contributed by atoms with Crippen molar-refractivity contribution in [1.29, 1.82) is 0 Å². The monoisotopic (exact) mass is 569 g/mol. The van der Waals surface area contributed by atoms with Gasteiger partial charge in [-0.1, -0.05) is 73.5 Å². The van der Waals surface area contributed by atoms with Gasteiger partial charge in [0.2, 0.25) is 5.91 Å². The lowest BCUT2D eigenvalue weighted by atomic mass is 9.66. The number of amides is 3. The summed E-state index contributed by atoms with van der Waals surface area (Å²) in [6.45, 7) is 3.99. The standard InChI is InChI=1S/C33H39N5O4/c1-25(39)35-18-19-38(29(21-35)27-12-6-3-7-13-27)31(41)36-17-16-33(42,32(22-36)14-8-9-15-32)23-37-24-34-28(20-30(37)40)26-10-4-2-5-11-26/h2-7,10-13,20,24,29,42H,8-9,14-19,21-23H2,1H3. The Bertz CT molecular complexity index is 1490. The van der Waals surface area contributed by atoms with Crippen molar-refractivity contribution in [3.63, 3.8) is 0 Å². The molecule has 3 aromatic rings. The number of hydrogen-bond acceptors (Lipinski definition) is 5. The van der Waals surface area contributed by atoms with E-state index < -0.39 is 11.0 Å². The Morgan fingerprint density at radius 1 is 0.929 bits per heavy atom. The maximum Gasteiger partial charge on any atom is 0.320 e. The molecule has 2 atom stereocenters. The molecule has 3 fully saturated rings. The van der Waals surface area contributed by atoms with E-state index >= 15 is 0 Å². The van der Waals surface area contributed by atoms with Gasteiger partial charge in [0.05, 0.1) is 30.2 Å². The molecule has 220 valence electrons. The van der Waals surface area contributed by atoms with Crippen LogP contribution in [0.5, 0.6) is 0 Å². The average molecular weight is 570 g/mol. The van der Waals surface area contributed by atoms with Crippen LogP contribution in [-0.2, 0) is 11.3 Å². The van der Waals surface area contributed by atoms with E-state index in [1.165, 1.54) is 10.6 Å². The first-order chi connectivity index (χ1) is 20.3. The first-order valence-electron chi connectivity index (χ1n) is 15.0. The van der Waals surface area contributed by atoms with Crippen LogP contribution >= 0.6 is 0 Å². The van der Waals surface area contributed by atoms with Crippen molar-refractivity contribution < 1.29 is 14.7 Å². The van der Waals surface area contributed by atoms with Crippen LogP contribution in [0.15, 0.2) is 77.9 Å². The molecule has 1 aliphatic carbocycles. The topological polar surface area (TPSA) is 99.0 Å². The van der Waals surface area contributed by atoms with E-state index in [1.807, 2.05) is 75.4 Å². The van der Waals surface area contributed by atoms with Gasteiger partial charge < -0.3 is 19.8 Å². The van der Waals surface area contributed by atoms with Crippen LogP contribution in [0, 0.1) is 5.41 Å². The van der Waals surface area contributed by atoms with Crippen LogP contribution < -0.4 is 5.56 Å². The predicted molar refractivity (Wildman–Crippen MR) is 160 cm³/mol. The number of piperazine rings is 1. The number of aromatic nitrogens is 2. The summed E-state index contributed by atoms with van der Waals surface area (Å²) >= 11 is 0. The lowest BCUT2D eigenvalue weighted by molar-refractivity contribution is -0.138. The van der Waals surface area contributed by atoms with Gasteiger partial charge in [0.15, 0.2) is 0 Å². The second-order valence-corrected chi connectivity index (χ2v) is 12.2. The smallest absolute Gasteiger partial charge is 0.320 e. The molecule has 0 bridgehead atoms. The van der Waals surface area contributed by atoms with Crippen LogP contribution in [-0.4, -0.2) is 79.6 Å². The first kappa shape index (κ1) is 28.2. The molecule has 1 saturated carbocycles. The van der Waals surface area contributed by atoms with Crippen LogP contribution in [0.3, 0.4) is 0 Å². The Hall–Kier alpha value is -3.98. The van der Waals surface area contributed by atoms with Crippen molar-refractivity contribution in [3.05, 3.63) is 89.0 Å². The van der Waals surface area contributed by atoms with Gasteiger partial charge in [-0.25, -0.2) is 9.78 Å². The van der Waals surface area contributed by atoms with Crippen molar-refractivity contribution in [1.82, 2.24) is 24.3 Å². The minimum atomic E-state index is -1.13. The molecule has 3 aliphatic rings. The number of carbonyl (C=O) groups excluding carboxylic acids is 2.